The van der Waals surface area contributed by atoms with Crippen LogP contribution in [0.2, 0.25) is 0 Å². The molecular weight excluding hydrogens is 298 g/mol. The summed E-state index contributed by atoms with van der Waals surface area (Å²) in [6, 6.07) is 7.68. The van der Waals surface area contributed by atoms with Gasteiger partial charge >= 0.3 is 0 Å². The number of aromatic nitrogens is 3. The van der Waals surface area contributed by atoms with Gasteiger partial charge in [-0.1, -0.05) is 12.1 Å². The highest BCUT2D eigenvalue weighted by molar-refractivity contribution is 7.09. The third-order valence-electron chi connectivity index (χ3n) is 3.52. The van der Waals surface area contributed by atoms with Crippen LogP contribution in [0, 0.1) is 0 Å². The Balaban J connectivity index is 1.82. The molecule has 0 aliphatic heterocycles. The van der Waals surface area contributed by atoms with Gasteiger partial charge in [-0.15, -0.1) is 11.3 Å². The average molecular weight is 315 g/mol. The summed E-state index contributed by atoms with van der Waals surface area (Å²) >= 11 is 1.39. The van der Waals surface area contributed by atoms with E-state index in [0.717, 1.165) is 21.9 Å². The van der Waals surface area contributed by atoms with Gasteiger partial charge in [0.25, 0.3) is 5.91 Å². The first-order valence-electron chi connectivity index (χ1n) is 6.97. The maximum atomic E-state index is 12.2. The molecule has 114 valence electrons. The summed E-state index contributed by atoms with van der Waals surface area (Å²) in [5.41, 5.74) is 7.88. The van der Waals surface area contributed by atoms with Gasteiger partial charge in [0.15, 0.2) is 0 Å². The van der Waals surface area contributed by atoms with E-state index >= 15 is 0 Å². The van der Waals surface area contributed by atoms with E-state index in [0.29, 0.717) is 12.2 Å². The first-order valence-corrected chi connectivity index (χ1v) is 7.84. The minimum Gasteiger partial charge on any atom is -0.341 e. The fourth-order valence-corrected chi connectivity index (χ4v) is 3.05. The topological polar surface area (TPSA) is 85.8 Å². The van der Waals surface area contributed by atoms with Crippen LogP contribution in [0.3, 0.4) is 0 Å². The Morgan fingerprint density at radius 1 is 1.41 bits per heavy atom. The number of benzene rings is 1. The summed E-state index contributed by atoms with van der Waals surface area (Å²) in [4.78, 5) is 21.0. The smallest absolute Gasteiger partial charge is 0.271 e. The molecule has 1 aromatic carbocycles. The van der Waals surface area contributed by atoms with Gasteiger partial charge in [0, 0.05) is 19.0 Å². The number of imidazole rings is 1. The molecule has 0 spiro atoms. The number of amides is 1. The Kier molecular flexibility index (Phi) is 3.91. The third kappa shape index (κ3) is 2.60. The molecule has 0 saturated carbocycles. The molecule has 1 atom stereocenters. The highest BCUT2D eigenvalue weighted by Crippen LogP contribution is 2.19. The summed E-state index contributed by atoms with van der Waals surface area (Å²) in [6.07, 6.45) is 0. The monoisotopic (exact) mass is 315 g/mol. The van der Waals surface area contributed by atoms with Gasteiger partial charge in [0.2, 0.25) is 0 Å². The van der Waals surface area contributed by atoms with Crippen LogP contribution in [0.15, 0.2) is 29.6 Å². The second-order valence-corrected chi connectivity index (χ2v) is 5.99. The molecule has 0 aliphatic carbocycles. The maximum Gasteiger partial charge on any atom is 0.271 e. The Morgan fingerprint density at radius 2 is 2.18 bits per heavy atom. The molecule has 1 amide bonds. The summed E-state index contributed by atoms with van der Waals surface area (Å²) in [6.45, 7) is 2.26. The first-order chi connectivity index (χ1) is 10.6. The number of fused-ring (bicyclic) bond motifs is 1. The largest absolute Gasteiger partial charge is 0.341 e. The molecule has 3 aromatic rings. The third-order valence-corrected chi connectivity index (χ3v) is 4.39. The predicted molar refractivity (Wildman–Crippen MR) is 86.6 cm³/mol. The fraction of sp³-hybridized carbons (Fsp3) is 0.267. The molecule has 6 nitrogen and oxygen atoms in total. The Morgan fingerprint density at radius 3 is 2.86 bits per heavy atom. The molecule has 0 fully saturated rings. The summed E-state index contributed by atoms with van der Waals surface area (Å²) < 4.78 is 1.99. The van der Waals surface area contributed by atoms with Gasteiger partial charge < -0.3 is 15.6 Å². The van der Waals surface area contributed by atoms with E-state index in [-0.39, 0.29) is 11.9 Å². The van der Waals surface area contributed by atoms with E-state index in [1.807, 2.05) is 42.8 Å². The molecule has 2 aromatic heterocycles. The van der Waals surface area contributed by atoms with Crippen molar-refractivity contribution in [3.8, 4) is 0 Å². The zero-order chi connectivity index (χ0) is 15.7. The molecule has 0 saturated heterocycles. The second-order valence-electron chi connectivity index (χ2n) is 5.04. The molecule has 0 aliphatic rings. The van der Waals surface area contributed by atoms with E-state index in [9.17, 15) is 4.79 Å². The molecular formula is C15H17N5OS. The number of nitrogens with zero attached hydrogens (tertiary/aromatic N) is 3. The summed E-state index contributed by atoms with van der Waals surface area (Å²) in [7, 11) is 1.95. The second kappa shape index (κ2) is 5.86. The van der Waals surface area contributed by atoms with Gasteiger partial charge in [0.1, 0.15) is 16.5 Å². The summed E-state index contributed by atoms with van der Waals surface area (Å²) in [5.74, 6) is 0.597. The minimum atomic E-state index is -0.215. The van der Waals surface area contributed by atoms with Gasteiger partial charge in [-0.25, -0.2) is 9.97 Å². The lowest BCUT2D eigenvalue weighted by atomic mass is 10.3. The molecule has 22 heavy (non-hydrogen) atoms. The average Bonchev–Trinajstić information content (AvgIpc) is 3.12. The van der Waals surface area contributed by atoms with Crippen molar-refractivity contribution in [2.75, 3.05) is 0 Å². The number of nitrogens with one attached hydrogen (secondary N) is 1. The van der Waals surface area contributed by atoms with Crippen LogP contribution in [0.1, 0.15) is 34.3 Å². The molecule has 7 heteroatoms. The number of nitrogens with two attached hydrogens (primary N) is 1. The van der Waals surface area contributed by atoms with Crippen molar-refractivity contribution in [2.24, 2.45) is 12.8 Å². The Labute approximate surface area is 132 Å². The van der Waals surface area contributed by atoms with Crippen LogP contribution in [0.5, 0.6) is 0 Å². The van der Waals surface area contributed by atoms with Crippen LogP contribution >= 0.6 is 11.3 Å². The number of carbonyl (C=O) groups is 1. The van der Waals surface area contributed by atoms with E-state index in [2.05, 4.69) is 15.3 Å². The standard InChI is InChI=1S/C15H17N5OS/c1-9(17-15(21)11-8-22-13(7-16)18-11)14-19-10-5-3-4-6-12(10)20(14)2/h3-6,8-9H,7,16H2,1-2H3,(H,17,21). The van der Waals surface area contributed by atoms with Crippen molar-refractivity contribution in [2.45, 2.75) is 19.5 Å². The Hall–Kier alpha value is -2.25. The lowest BCUT2D eigenvalue weighted by Crippen LogP contribution is -2.28. The SMILES string of the molecule is CC(NC(=O)c1csc(CN)n1)c1nc2ccccc2n1C. The fourth-order valence-electron chi connectivity index (χ4n) is 2.40. The van der Waals surface area contributed by atoms with E-state index in [1.54, 1.807) is 5.38 Å². The number of rotatable bonds is 4. The summed E-state index contributed by atoms with van der Waals surface area (Å²) in [5, 5.41) is 5.40. The highest BCUT2D eigenvalue weighted by Gasteiger charge is 2.18. The van der Waals surface area contributed by atoms with Gasteiger partial charge in [-0.05, 0) is 19.1 Å². The van der Waals surface area contributed by atoms with Crippen molar-refractivity contribution in [3.63, 3.8) is 0 Å². The normalized spacial score (nSPS) is 12.5. The predicted octanol–water partition coefficient (Wildman–Crippen LogP) is 1.98. The minimum absolute atomic E-state index is 0.212. The van der Waals surface area contributed by atoms with Crippen LogP contribution in [0.4, 0.5) is 0 Å². The van der Waals surface area contributed by atoms with Crippen LogP contribution in [-0.4, -0.2) is 20.4 Å². The van der Waals surface area contributed by atoms with Gasteiger partial charge in [0.05, 0.1) is 17.1 Å². The highest BCUT2D eigenvalue weighted by atomic mass is 32.1. The maximum absolute atomic E-state index is 12.2. The quantitative estimate of drug-likeness (QED) is 0.771. The Bertz CT molecular complexity index is 822. The zero-order valence-electron chi connectivity index (χ0n) is 12.4. The lowest BCUT2D eigenvalue weighted by Gasteiger charge is -2.13. The van der Waals surface area contributed by atoms with E-state index in [1.165, 1.54) is 11.3 Å². The lowest BCUT2D eigenvalue weighted by molar-refractivity contribution is 0.0933. The van der Waals surface area contributed by atoms with Crippen molar-refractivity contribution in [3.05, 3.63) is 46.2 Å². The molecule has 0 radical (unpaired) electrons. The molecule has 3 N–H and O–H groups in total. The number of para-hydroxylation sites is 2. The van der Waals surface area contributed by atoms with Gasteiger partial charge in [-0.3, -0.25) is 4.79 Å². The molecule has 2 heterocycles. The van der Waals surface area contributed by atoms with Crippen LogP contribution in [0.25, 0.3) is 11.0 Å². The van der Waals surface area contributed by atoms with Crippen molar-refractivity contribution in [1.82, 2.24) is 19.9 Å². The van der Waals surface area contributed by atoms with Crippen molar-refractivity contribution < 1.29 is 4.79 Å². The number of carbonyl (C=O) groups excluding carboxylic acids is 1. The van der Waals surface area contributed by atoms with E-state index in [4.69, 9.17) is 5.73 Å². The van der Waals surface area contributed by atoms with E-state index < -0.39 is 0 Å². The van der Waals surface area contributed by atoms with Crippen LogP contribution in [-0.2, 0) is 13.6 Å². The van der Waals surface area contributed by atoms with Crippen molar-refractivity contribution >= 4 is 28.3 Å². The van der Waals surface area contributed by atoms with Crippen molar-refractivity contribution in [1.29, 1.82) is 0 Å². The molecule has 3 rings (SSSR count). The van der Waals surface area contributed by atoms with Gasteiger partial charge in [-0.2, -0.15) is 0 Å². The zero-order valence-corrected chi connectivity index (χ0v) is 13.2. The number of hydrogen-bond acceptors (Lipinski definition) is 5. The number of aryl methyl sites for hydroxylation is 1. The number of thiazole rings is 1. The molecule has 1 unspecified atom stereocenters. The van der Waals surface area contributed by atoms with Crippen LogP contribution < -0.4 is 11.1 Å². The molecule has 0 bridgehead atoms. The number of hydrogen-bond donors (Lipinski definition) is 2. The first kappa shape index (κ1) is 14.7.